The van der Waals surface area contributed by atoms with Crippen LogP contribution in [0.25, 0.3) is 5.65 Å². The number of nitrogens with zero attached hydrogens (tertiary/aromatic N) is 4. The standard InChI is InChI=1S/C21H27N5O3/c1-13(27)24-17-7-15-10-25(11-16(15)8-19(17)29-12-14-4-5-14)21(28)18-9-22-20-3-2-6-23-26(18)20/h2-3,6,9,14-17,19H,4-5,7-8,10-12H2,1H3,(H,24,27)/t15-,16+,17-,19-/m1/s1. The van der Waals surface area contributed by atoms with E-state index in [4.69, 9.17) is 4.74 Å². The first-order valence-electron chi connectivity index (χ1n) is 10.5. The van der Waals surface area contributed by atoms with E-state index in [-0.39, 0.29) is 24.0 Å². The molecule has 1 saturated heterocycles. The van der Waals surface area contributed by atoms with Gasteiger partial charge in [-0.1, -0.05) is 0 Å². The topological polar surface area (TPSA) is 88.8 Å². The molecule has 8 heteroatoms. The Labute approximate surface area is 169 Å². The summed E-state index contributed by atoms with van der Waals surface area (Å²) in [5.74, 6) is 1.42. The van der Waals surface area contributed by atoms with Gasteiger partial charge in [0.05, 0.1) is 18.3 Å². The van der Waals surface area contributed by atoms with Crippen LogP contribution in [0.3, 0.4) is 0 Å². The number of carbonyl (C=O) groups excluding carboxylic acids is 2. The Morgan fingerprint density at radius 1 is 1.24 bits per heavy atom. The largest absolute Gasteiger partial charge is 0.376 e. The lowest BCUT2D eigenvalue weighted by molar-refractivity contribution is -0.122. The highest BCUT2D eigenvalue weighted by Crippen LogP contribution is 2.39. The summed E-state index contributed by atoms with van der Waals surface area (Å²) in [5, 5.41) is 7.36. The van der Waals surface area contributed by atoms with Gasteiger partial charge < -0.3 is 15.0 Å². The van der Waals surface area contributed by atoms with Crippen molar-refractivity contribution < 1.29 is 14.3 Å². The number of amides is 2. The molecule has 0 spiro atoms. The van der Waals surface area contributed by atoms with Crippen molar-refractivity contribution in [3.63, 3.8) is 0 Å². The molecule has 8 nitrogen and oxygen atoms in total. The van der Waals surface area contributed by atoms with Crippen LogP contribution in [0, 0.1) is 17.8 Å². The number of likely N-dealkylation sites (tertiary alicyclic amines) is 1. The van der Waals surface area contributed by atoms with Crippen LogP contribution in [0.4, 0.5) is 0 Å². The van der Waals surface area contributed by atoms with Gasteiger partial charge in [0.25, 0.3) is 5.91 Å². The molecule has 3 fully saturated rings. The second-order valence-electron chi connectivity index (χ2n) is 8.76. The minimum Gasteiger partial charge on any atom is -0.376 e. The van der Waals surface area contributed by atoms with Crippen molar-refractivity contribution in [2.75, 3.05) is 19.7 Å². The molecule has 5 rings (SSSR count). The fourth-order valence-electron chi connectivity index (χ4n) is 4.86. The Morgan fingerprint density at radius 3 is 2.79 bits per heavy atom. The Morgan fingerprint density at radius 2 is 2.03 bits per heavy atom. The molecule has 3 aliphatic rings. The van der Waals surface area contributed by atoms with Gasteiger partial charge in [0.1, 0.15) is 0 Å². The lowest BCUT2D eigenvalue weighted by Crippen LogP contribution is -2.50. The summed E-state index contributed by atoms with van der Waals surface area (Å²) in [5.41, 5.74) is 1.17. The Kier molecular flexibility index (Phi) is 4.73. The van der Waals surface area contributed by atoms with Crippen molar-refractivity contribution in [1.29, 1.82) is 0 Å². The second kappa shape index (κ2) is 7.40. The number of hydrogen-bond acceptors (Lipinski definition) is 5. The highest BCUT2D eigenvalue weighted by atomic mass is 16.5. The molecule has 154 valence electrons. The lowest BCUT2D eigenvalue weighted by Gasteiger charge is -2.38. The lowest BCUT2D eigenvalue weighted by atomic mass is 9.77. The summed E-state index contributed by atoms with van der Waals surface area (Å²) < 4.78 is 7.82. The number of nitrogens with one attached hydrogen (secondary N) is 1. The average molecular weight is 397 g/mol. The van der Waals surface area contributed by atoms with E-state index in [1.165, 1.54) is 12.8 Å². The van der Waals surface area contributed by atoms with Crippen molar-refractivity contribution in [2.45, 2.75) is 44.8 Å². The Balaban J connectivity index is 1.30. The summed E-state index contributed by atoms with van der Waals surface area (Å²) in [6, 6.07) is 3.68. The third-order valence-electron chi connectivity index (χ3n) is 6.53. The number of imidazole rings is 1. The molecule has 1 N–H and O–H groups in total. The molecule has 0 radical (unpaired) electrons. The Bertz CT molecular complexity index is 924. The predicted octanol–water partition coefficient (Wildman–Crippen LogP) is 1.51. The van der Waals surface area contributed by atoms with Gasteiger partial charge in [-0.3, -0.25) is 9.59 Å². The zero-order valence-electron chi connectivity index (χ0n) is 16.7. The van der Waals surface area contributed by atoms with Gasteiger partial charge in [0.2, 0.25) is 5.91 Å². The molecule has 0 unspecified atom stereocenters. The fraction of sp³-hybridized carbons (Fsp3) is 0.619. The fourth-order valence-corrected chi connectivity index (χ4v) is 4.86. The monoisotopic (exact) mass is 397 g/mol. The second-order valence-corrected chi connectivity index (χ2v) is 8.76. The van der Waals surface area contributed by atoms with Crippen LogP contribution in [0.1, 0.15) is 43.1 Å². The molecule has 0 aromatic carbocycles. The first kappa shape index (κ1) is 18.5. The van der Waals surface area contributed by atoms with E-state index in [0.29, 0.717) is 35.6 Å². The number of ether oxygens (including phenoxy) is 1. The van der Waals surface area contributed by atoms with Gasteiger partial charge in [0, 0.05) is 32.8 Å². The third-order valence-corrected chi connectivity index (χ3v) is 6.53. The number of rotatable bonds is 5. The van der Waals surface area contributed by atoms with E-state index in [1.807, 2.05) is 17.0 Å². The first-order chi connectivity index (χ1) is 14.1. The minimum atomic E-state index is -0.0304. The van der Waals surface area contributed by atoms with Gasteiger partial charge >= 0.3 is 0 Å². The van der Waals surface area contributed by atoms with Crippen LogP contribution in [-0.4, -0.2) is 63.2 Å². The summed E-state index contributed by atoms with van der Waals surface area (Å²) in [7, 11) is 0. The normalized spacial score (nSPS) is 29.1. The highest BCUT2D eigenvalue weighted by molar-refractivity contribution is 5.93. The van der Waals surface area contributed by atoms with Crippen molar-refractivity contribution in [3.05, 3.63) is 30.2 Å². The summed E-state index contributed by atoms with van der Waals surface area (Å²) in [4.78, 5) is 31.1. The molecule has 1 aliphatic heterocycles. The molecule has 29 heavy (non-hydrogen) atoms. The molecule has 3 heterocycles. The maximum atomic E-state index is 13.2. The van der Waals surface area contributed by atoms with Crippen molar-refractivity contribution in [2.24, 2.45) is 17.8 Å². The zero-order chi connectivity index (χ0) is 20.0. The number of fused-ring (bicyclic) bond motifs is 2. The molecule has 2 amide bonds. The summed E-state index contributed by atoms with van der Waals surface area (Å²) in [6.07, 6.45) is 7.54. The molecule has 2 saturated carbocycles. The van der Waals surface area contributed by atoms with Gasteiger partial charge in [-0.15, -0.1) is 0 Å². The van der Waals surface area contributed by atoms with Gasteiger partial charge in [-0.05, 0) is 55.6 Å². The number of aromatic nitrogens is 3. The van der Waals surface area contributed by atoms with Gasteiger partial charge in [0.15, 0.2) is 11.3 Å². The maximum Gasteiger partial charge on any atom is 0.274 e. The van der Waals surface area contributed by atoms with E-state index in [2.05, 4.69) is 15.4 Å². The summed E-state index contributed by atoms with van der Waals surface area (Å²) in [6.45, 7) is 3.77. The molecule has 0 bridgehead atoms. The Hall–Kier alpha value is -2.48. The smallest absolute Gasteiger partial charge is 0.274 e. The molecule has 2 aromatic heterocycles. The van der Waals surface area contributed by atoms with E-state index < -0.39 is 0 Å². The van der Waals surface area contributed by atoms with Crippen LogP contribution in [0.2, 0.25) is 0 Å². The van der Waals surface area contributed by atoms with E-state index >= 15 is 0 Å². The number of hydrogen-bond donors (Lipinski definition) is 1. The quantitative estimate of drug-likeness (QED) is 0.826. The van der Waals surface area contributed by atoms with Gasteiger partial charge in [-0.2, -0.15) is 5.10 Å². The van der Waals surface area contributed by atoms with E-state index in [0.717, 1.165) is 26.0 Å². The molecule has 2 aliphatic carbocycles. The number of carbonyl (C=O) groups is 2. The van der Waals surface area contributed by atoms with Crippen LogP contribution in [-0.2, 0) is 9.53 Å². The van der Waals surface area contributed by atoms with E-state index in [1.54, 1.807) is 23.8 Å². The summed E-state index contributed by atoms with van der Waals surface area (Å²) >= 11 is 0. The van der Waals surface area contributed by atoms with Crippen molar-refractivity contribution >= 4 is 17.5 Å². The van der Waals surface area contributed by atoms with Crippen molar-refractivity contribution in [1.82, 2.24) is 24.8 Å². The molecule has 4 atom stereocenters. The van der Waals surface area contributed by atoms with E-state index in [9.17, 15) is 9.59 Å². The maximum absolute atomic E-state index is 13.2. The molecular formula is C21H27N5O3. The first-order valence-corrected chi connectivity index (χ1v) is 10.5. The van der Waals surface area contributed by atoms with Crippen LogP contribution in [0.15, 0.2) is 24.5 Å². The minimum absolute atomic E-state index is 0.0174. The van der Waals surface area contributed by atoms with Crippen LogP contribution in [0.5, 0.6) is 0 Å². The SMILES string of the molecule is CC(=O)N[C@@H]1C[C@@H]2CN(C(=O)c3cnc4cccnn34)C[C@@H]2C[C@H]1OCC1CC1. The van der Waals surface area contributed by atoms with Crippen LogP contribution >= 0.6 is 0 Å². The van der Waals surface area contributed by atoms with Gasteiger partial charge in [-0.25, -0.2) is 9.50 Å². The van der Waals surface area contributed by atoms with Crippen molar-refractivity contribution in [3.8, 4) is 0 Å². The highest BCUT2D eigenvalue weighted by Gasteiger charge is 2.45. The molecular weight excluding hydrogens is 370 g/mol. The zero-order valence-corrected chi connectivity index (χ0v) is 16.7. The third kappa shape index (κ3) is 3.73. The van der Waals surface area contributed by atoms with Crippen LogP contribution < -0.4 is 5.32 Å². The predicted molar refractivity (Wildman–Crippen MR) is 105 cm³/mol. The average Bonchev–Trinajstić information content (AvgIpc) is 3.29. The molecule has 2 aromatic rings.